The molecule has 24 heavy (non-hydrogen) atoms. The summed E-state index contributed by atoms with van der Waals surface area (Å²) in [5.74, 6) is -0.937. The summed E-state index contributed by atoms with van der Waals surface area (Å²) in [5.41, 5.74) is 3.20. The quantitative estimate of drug-likeness (QED) is 0.687. The van der Waals surface area contributed by atoms with E-state index < -0.39 is 11.9 Å². The number of aliphatic carboxylic acids is 1. The van der Waals surface area contributed by atoms with Crippen molar-refractivity contribution in [1.82, 2.24) is 15.1 Å². The van der Waals surface area contributed by atoms with Crippen LogP contribution in [0.2, 0.25) is 0 Å². The van der Waals surface area contributed by atoms with E-state index in [1.165, 1.54) is 0 Å². The summed E-state index contributed by atoms with van der Waals surface area (Å²) < 4.78 is 2.01. The van der Waals surface area contributed by atoms with Crippen molar-refractivity contribution in [2.45, 2.75) is 66.8 Å². The third-order valence-electron chi connectivity index (χ3n) is 4.20. The number of carboxylic acids is 1. The number of amides is 1. The highest BCUT2D eigenvalue weighted by molar-refractivity contribution is 5.77. The summed E-state index contributed by atoms with van der Waals surface area (Å²) in [6.45, 7) is 11.3. The Balaban J connectivity index is 2.55. The SMILES string of the molecule is CCCC(CNC(=O)CCc1c(C)nn(CC(C)C)c1C)C(=O)O. The molecule has 0 aliphatic carbocycles. The Bertz CT molecular complexity index is 564. The molecule has 0 saturated heterocycles. The number of nitrogens with one attached hydrogen (secondary N) is 1. The van der Waals surface area contributed by atoms with E-state index in [1.54, 1.807) is 0 Å². The maximum absolute atomic E-state index is 12.0. The summed E-state index contributed by atoms with van der Waals surface area (Å²) in [6.07, 6.45) is 2.36. The molecule has 136 valence electrons. The Morgan fingerprint density at radius 1 is 1.29 bits per heavy atom. The van der Waals surface area contributed by atoms with Crippen molar-refractivity contribution in [3.05, 3.63) is 17.0 Å². The van der Waals surface area contributed by atoms with E-state index in [2.05, 4.69) is 24.3 Å². The number of aryl methyl sites for hydroxylation is 1. The lowest BCUT2D eigenvalue weighted by Crippen LogP contribution is -2.33. The summed E-state index contributed by atoms with van der Waals surface area (Å²) in [4.78, 5) is 23.1. The van der Waals surface area contributed by atoms with E-state index in [0.29, 0.717) is 25.2 Å². The fourth-order valence-corrected chi connectivity index (χ4v) is 2.84. The molecular weight excluding hydrogens is 306 g/mol. The predicted octanol–water partition coefficient (Wildman–Crippen LogP) is 2.71. The lowest BCUT2D eigenvalue weighted by Gasteiger charge is -2.12. The number of aromatic nitrogens is 2. The zero-order chi connectivity index (χ0) is 18.3. The summed E-state index contributed by atoms with van der Waals surface area (Å²) in [6, 6.07) is 0. The molecule has 1 aromatic rings. The van der Waals surface area contributed by atoms with Gasteiger partial charge in [-0.1, -0.05) is 27.2 Å². The van der Waals surface area contributed by atoms with Gasteiger partial charge in [0.2, 0.25) is 5.91 Å². The van der Waals surface area contributed by atoms with Crippen LogP contribution in [0.25, 0.3) is 0 Å². The van der Waals surface area contributed by atoms with E-state index >= 15 is 0 Å². The van der Waals surface area contributed by atoms with Gasteiger partial charge in [0.25, 0.3) is 0 Å². The predicted molar refractivity (Wildman–Crippen MR) is 93.9 cm³/mol. The zero-order valence-electron chi connectivity index (χ0n) is 15.6. The maximum atomic E-state index is 12.0. The van der Waals surface area contributed by atoms with Gasteiger partial charge in [-0.25, -0.2) is 0 Å². The van der Waals surface area contributed by atoms with Crippen LogP contribution in [0.5, 0.6) is 0 Å². The van der Waals surface area contributed by atoms with Gasteiger partial charge in [-0.2, -0.15) is 5.10 Å². The third-order valence-corrected chi connectivity index (χ3v) is 4.20. The standard InChI is InChI=1S/C18H31N3O3/c1-6-7-15(18(23)24)10-19-17(22)9-8-16-13(4)20-21(14(16)5)11-12(2)3/h12,15H,6-11H2,1-5H3,(H,19,22)(H,23,24). The lowest BCUT2D eigenvalue weighted by atomic mass is 10.0. The molecule has 6 heteroatoms. The Labute approximate surface area is 144 Å². The van der Waals surface area contributed by atoms with E-state index in [1.807, 2.05) is 25.5 Å². The van der Waals surface area contributed by atoms with Crippen molar-refractivity contribution in [3.63, 3.8) is 0 Å². The number of nitrogens with zero attached hydrogens (tertiary/aromatic N) is 2. The highest BCUT2D eigenvalue weighted by Gasteiger charge is 2.18. The molecule has 1 atom stereocenters. The van der Waals surface area contributed by atoms with Crippen LogP contribution < -0.4 is 5.32 Å². The number of carbonyl (C=O) groups excluding carboxylic acids is 1. The molecule has 1 aromatic heterocycles. The van der Waals surface area contributed by atoms with Gasteiger partial charge in [0.05, 0.1) is 11.6 Å². The molecule has 0 fully saturated rings. The first-order chi connectivity index (χ1) is 11.3. The topological polar surface area (TPSA) is 84.2 Å². The van der Waals surface area contributed by atoms with Crippen LogP contribution in [0.15, 0.2) is 0 Å². The minimum Gasteiger partial charge on any atom is -0.481 e. The van der Waals surface area contributed by atoms with Crippen molar-refractivity contribution >= 4 is 11.9 Å². The molecule has 1 unspecified atom stereocenters. The van der Waals surface area contributed by atoms with Crippen LogP contribution in [0, 0.1) is 25.7 Å². The highest BCUT2D eigenvalue weighted by Crippen LogP contribution is 2.16. The van der Waals surface area contributed by atoms with Crippen molar-refractivity contribution < 1.29 is 14.7 Å². The van der Waals surface area contributed by atoms with Crippen molar-refractivity contribution in [1.29, 1.82) is 0 Å². The molecule has 1 heterocycles. The molecule has 0 spiro atoms. The minimum absolute atomic E-state index is 0.104. The Hall–Kier alpha value is -1.85. The molecule has 0 radical (unpaired) electrons. The van der Waals surface area contributed by atoms with Gasteiger partial charge < -0.3 is 10.4 Å². The fourth-order valence-electron chi connectivity index (χ4n) is 2.84. The molecule has 0 bridgehead atoms. The maximum Gasteiger partial charge on any atom is 0.308 e. The smallest absolute Gasteiger partial charge is 0.308 e. The van der Waals surface area contributed by atoms with E-state index in [-0.39, 0.29) is 12.5 Å². The van der Waals surface area contributed by atoms with Crippen molar-refractivity contribution in [2.75, 3.05) is 6.54 Å². The summed E-state index contributed by atoms with van der Waals surface area (Å²) >= 11 is 0. The normalized spacial score (nSPS) is 12.4. The van der Waals surface area contributed by atoms with Crippen molar-refractivity contribution in [3.8, 4) is 0 Å². The third kappa shape index (κ3) is 5.98. The van der Waals surface area contributed by atoms with Crippen LogP contribution in [-0.2, 0) is 22.6 Å². The number of hydrogen-bond donors (Lipinski definition) is 2. The first kappa shape index (κ1) is 20.2. The lowest BCUT2D eigenvalue weighted by molar-refractivity contribution is -0.141. The van der Waals surface area contributed by atoms with Gasteiger partial charge in [0, 0.05) is 25.2 Å². The van der Waals surface area contributed by atoms with Gasteiger partial charge in [0.1, 0.15) is 0 Å². The van der Waals surface area contributed by atoms with Gasteiger partial charge in [-0.05, 0) is 38.2 Å². The molecule has 1 rings (SSSR count). The van der Waals surface area contributed by atoms with E-state index in [9.17, 15) is 9.59 Å². The first-order valence-electron chi connectivity index (χ1n) is 8.78. The van der Waals surface area contributed by atoms with Gasteiger partial charge in [-0.15, -0.1) is 0 Å². The van der Waals surface area contributed by atoms with Crippen LogP contribution >= 0.6 is 0 Å². The summed E-state index contributed by atoms with van der Waals surface area (Å²) in [7, 11) is 0. The van der Waals surface area contributed by atoms with Crippen LogP contribution in [0.3, 0.4) is 0 Å². The molecular formula is C18H31N3O3. The fraction of sp³-hybridized carbons (Fsp3) is 0.722. The average molecular weight is 337 g/mol. The number of rotatable bonds is 10. The van der Waals surface area contributed by atoms with Crippen LogP contribution in [-0.4, -0.2) is 33.3 Å². The van der Waals surface area contributed by atoms with Crippen LogP contribution in [0.4, 0.5) is 0 Å². The molecule has 2 N–H and O–H groups in total. The molecule has 0 aliphatic heterocycles. The average Bonchev–Trinajstić information content (AvgIpc) is 2.74. The Morgan fingerprint density at radius 2 is 1.96 bits per heavy atom. The second kappa shape index (κ2) is 9.45. The van der Waals surface area contributed by atoms with E-state index in [4.69, 9.17) is 5.11 Å². The number of carbonyl (C=O) groups is 2. The zero-order valence-corrected chi connectivity index (χ0v) is 15.6. The second-order valence-corrected chi connectivity index (χ2v) is 6.85. The van der Waals surface area contributed by atoms with Crippen LogP contribution in [0.1, 0.15) is 57.0 Å². The molecule has 0 aromatic carbocycles. The number of hydrogen-bond acceptors (Lipinski definition) is 3. The highest BCUT2D eigenvalue weighted by atomic mass is 16.4. The summed E-state index contributed by atoms with van der Waals surface area (Å²) in [5, 5.41) is 16.4. The first-order valence-corrected chi connectivity index (χ1v) is 8.78. The Kier molecular flexibility index (Phi) is 7.95. The molecule has 1 amide bonds. The van der Waals surface area contributed by atoms with Gasteiger partial charge >= 0.3 is 5.97 Å². The largest absolute Gasteiger partial charge is 0.481 e. The minimum atomic E-state index is -0.848. The van der Waals surface area contributed by atoms with Gasteiger partial charge in [-0.3, -0.25) is 14.3 Å². The van der Waals surface area contributed by atoms with Crippen molar-refractivity contribution in [2.24, 2.45) is 11.8 Å². The second-order valence-electron chi connectivity index (χ2n) is 6.85. The molecule has 0 saturated carbocycles. The molecule has 0 aliphatic rings. The monoisotopic (exact) mass is 337 g/mol. The molecule has 6 nitrogen and oxygen atoms in total. The van der Waals surface area contributed by atoms with Gasteiger partial charge in [0.15, 0.2) is 0 Å². The van der Waals surface area contributed by atoms with E-state index in [0.717, 1.165) is 29.9 Å². The number of carboxylic acid groups (broad SMARTS) is 1. The Morgan fingerprint density at radius 3 is 2.50 bits per heavy atom.